The summed E-state index contributed by atoms with van der Waals surface area (Å²) in [7, 11) is 0. The molecule has 1 aromatic carbocycles. The highest BCUT2D eigenvalue weighted by atomic mass is 19.1. The van der Waals surface area contributed by atoms with E-state index in [1.165, 1.54) is 12.1 Å². The van der Waals surface area contributed by atoms with Crippen molar-refractivity contribution in [2.45, 2.75) is 6.42 Å². The van der Waals surface area contributed by atoms with Gasteiger partial charge in [0.1, 0.15) is 18.0 Å². The Hall–Kier alpha value is -2.45. The van der Waals surface area contributed by atoms with Gasteiger partial charge in [-0.05, 0) is 6.07 Å². The molecule has 0 atom stereocenters. The molecule has 0 fully saturated rings. The van der Waals surface area contributed by atoms with Crippen LogP contribution in [0.15, 0.2) is 6.07 Å². The number of benzene rings is 1. The van der Waals surface area contributed by atoms with Gasteiger partial charge >= 0.3 is 0 Å². The normalized spacial score (nSPS) is 8.73. The van der Waals surface area contributed by atoms with Crippen LogP contribution in [0.4, 0.5) is 8.78 Å². The van der Waals surface area contributed by atoms with E-state index in [1.54, 1.807) is 6.07 Å². The van der Waals surface area contributed by atoms with Crippen molar-refractivity contribution >= 4 is 0 Å². The summed E-state index contributed by atoms with van der Waals surface area (Å²) in [5.41, 5.74) is -1.42. The molecular weight excluding hydrogens is 200 g/mol. The minimum atomic E-state index is -1.08. The zero-order valence-corrected chi connectivity index (χ0v) is 7.38. The van der Waals surface area contributed by atoms with E-state index in [-0.39, 0.29) is 5.56 Å². The summed E-state index contributed by atoms with van der Waals surface area (Å²) in [4.78, 5) is 0. The number of halogens is 2. The van der Waals surface area contributed by atoms with Gasteiger partial charge in [0.2, 0.25) is 0 Å². The molecule has 15 heavy (non-hydrogen) atoms. The molecular formula is C10H3F2N3. The van der Waals surface area contributed by atoms with E-state index in [4.69, 9.17) is 15.8 Å². The lowest BCUT2D eigenvalue weighted by atomic mass is 10.0. The average Bonchev–Trinajstić information content (AvgIpc) is 2.23. The summed E-state index contributed by atoms with van der Waals surface area (Å²) in [5.74, 6) is -1.99. The van der Waals surface area contributed by atoms with E-state index in [2.05, 4.69) is 0 Å². The first-order valence-corrected chi connectivity index (χ1v) is 3.83. The molecule has 0 unspecified atom stereocenters. The average molecular weight is 203 g/mol. The van der Waals surface area contributed by atoms with Crippen LogP contribution < -0.4 is 0 Å². The molecule has 0 aromatic heterocycles. The first-order valence-electron chi connectivity index (χ1n) is 3.83. The van der Waals surface area contributed by atoms with Gasteiger partial charge in [-0.1, -0.05) is 0 Å². The van der Waals surface area contributed by atoms with Crippen molar-refractivity contribution in [2.75, 3.05) is 0 Å². The number of rotatable bonds is 1. The van der Waals surface area contributed by atoms with Crippen LogP contribution in [-0.4, -0.2) is 0 Å². The predicted molar refractivity (Wildman–Crippen MR) is 45.1 cm³/mol. The monoisotopic (exact) mass is 203 g/mol. The van der Waals surface area contributed by atoms with Gasteiger partial charge in [-0.25, -0.2) is 8.78 Å². The van der Waals surface area contributed by atoms with Crippen LogP contribution >= 0.6 is 0 Å². The highest BCUT2D eigenvalue weighted by Gasteiger charge is 2.17. The fraction of sp³-hybridized carbons (Fsp3) is 0.100. The van der Waals surface area contributed by atoms with Gasteiger partial charge in [0.25, 0.3) is 0 Å². The number of nitrogens with zero attached hydrogens (tertiary/aromatic N) is 3. The molecule has 72 valence electrons. The van der Waals surface area contributed by atoms with Gasteiger partial charge in [0, 0.05) is 5.56 Å². The summed E-state index contributed by atoms with van der Waals surface area (Å²) >= 11 is 0. The van der Waals surface area contributed by atoms with Crippen molar-refractivity contribution in [3.8, 4) is 18.2 Å². The zero-order chi connectivity index (χ0) is 11.4. The molecule has 0 aliphatic heterocycles. The fourth-order valence-electron chi connectivity index (χ4n) is 1.11. The van der Waals surface area contributed by atoms with E-state index >= 15 is 0 Å². The Morgan fingerprint density at radius 2 is 1.80 bits per heavy atom. The van der Waals surface area contributed by atoms with E-state index in [9.17, 15) is 8.78 Å². The van der Waals surface area contributed by atoms with E-state index in [1.807, 2.05) is 0 Å². The van der Waals surface area contributed by atoms with Crippen LogP contribution in [0.5, 0.6) is 0 Å². The summed E-state index contributed by atoms with van der Waals surface area (Å²) < 4.78 is 26.5. The van der Waals surface area contributed by atoms with Crippen LogP contribution in [0.2, 0.25) is 0 Å². The summed E-state index contributed by atoms with van der Waals surface area (Å²) in [6, 6.07) is 5.19. The minimum Gasteiger partial charge on any atom is -0.207 e. The Morgan fingerprint density at radius 1 is 1.13 bits per heavy atom. The van der Waals surface area contributed by atoms with Crippen LogP contribution in [0.3, 0.4) is 0 Å². The topological polar surface area (TPSA) is 71.4 Å². The Balaban J connectivity index is 3.58. The summed E-state index contributed by atoms with van der Waals surface area (Å²) in [6.45, 7) is 0. The smallest absolute Gasteiger partial charge is 0.159 e. The first-order chi connectivity index (χ1) is 7.15. The van der Waals surface area contributed by atoms with Gasteiger partial charge in [-0.15, -0.1) is 0 Å². The van der Waals surface area contributed by atoms with Crippen molar-refractivity contribution in [1.29, 1.82) is 15.8 Å². The zero-order valence-electron chi connectivity index (χ0n) is 7.38. The number of hydrogen-bond acceptors (Lipinski definition) is 3. The Morgan fingerprint density at radius 3 is 2.27 bits per heavy atom. The molecule has 0 spiro atoms. The third-order valence-corrected chi connectivity index (χ3v) is 1.81. The minimum absolute atomic E-state index is 0.309. The quantitative estimate of drug-likeness (QED) is 0.698. The standard InChI is InChI=1S/C10H3F2N3/c11-9-3-6(4-14)10(12)8(5-15)7(9)1-2-13/h3H,1H2. The molecule has 1 aromatic rings. The molecule has 0 aliphatic rings. The van der Waals surface area contributed by atoms with Crippen LogP contribution in [0.1, 0.15) is 16.7 Å². The molecule has 1 rings (SSSR count). The van der Waals surface area contributed by atoms with Crippen molar-refractivity contribution < 1.29 is 8.78 Å². The fourth-order valence-corrected chi connectivity index (χ4v) is 1.11. The summed E-state index contributed by atoms with van der Waals surface area (Å²) in [6.07, 6.45) is -0.405. The third kappa shape index (κ3) is 1.75. The Bertz CT molecular complexity index is 530. The molecule has 0 bridgehead atoms. The predicted octanol–water partition coefficient (Wildman–Crippen LogP) is 1.77. The van der Waals surface area contributed by atoms with Crippen molar-refractivity contribution in [2.24, 2.45) is 0 Å². The van der Waals surface area contributed by atoms with Crippen molar-refractivity contribution in [3.05, 3.63) is 34.4 Å². The molecule has 0 aliphatic carbocycles. The maximum Gasteiger partial charge on any atom is 0.159 e. The first kappa shape index (κ1) is 10.6. The molecule has 0 radical (unpaired) electrons. The van der Waals surface area contributed by atoms with E-state index in [0.29, 0.717) is 6.07 Å². The maximum absolute atomic E-state index is 13.3. The number of nitriles is 3. The van der Waals surface area contributed by atoms with Gasteiger partial charge in [-0.2, -0.15) is 15.8 Å². The Kier molecular flexibility index (Phi) is 2.96. The molecule has 0 heterocycles. The maximum atomic E-state index is 13.3. The van der Waals surface area contributed by atoms with Gasteiger partial charge in [-0.3, -0.25) is 0 Å². The molecule has 0 N–H and O–H groups in total. The van der Waals surface area contributed by atoms with E-state index < -0.39 is 29.2 Å². The second-order valence-electron chi connectivity index (χ2n) is 2.63. The largest absolute Gasteiger partial charge is 0.207 e. The highest BCUT2D eigenvalue weighted by Crippen LogP contribution is 2.20. The molecule has 0 saturated heterocycles. The van der Waals surface area contributed by atoms with Crippen LogP contribution in [-0.2, 0) is 6.42 Å². The van der Waals surface area contributed by atoms with Crippen molar-refractivity contribution in [1.82, 2.24) is 0 Å². The lowest BCUT2D eigenvalue weighted by Crippen LogP contribution is -2.01. The van der Waals surface area contributed by atoms with Crippen LogP contribution in [0.25, 0.3) is 0 Å². The van der Waals surface area contributed by atoms with Gasteiger partial charge in [0.05, 0.1) is 23.6 Å². The molecule has 5 heteroatoms. The van der Waals surface area contributed by atoms with Gasteiger partial charge < -0.3 is 0 Å². The molecule has 3 nitrogen and oxygen atoms in total. The Labute approximate surface area is 84.4 Å². The lowest BCUT2D eigenvalue weighted by molar-refractivity contribution is 0.583. The highest BCUT2D eigenvalue weighted by molar-refractivity contribution is 5.48. The van der Waals surface area contributed by atoms with Crippen LogP contribution in [0, 0.1) is 45.6 Å². The second kappa shape index (κ2) is 4.17. The van der Waals surface area contributed by atoms with Gasteiger partial charge in [0.15, 0.2) is 5.82 Å². The third-order valence-electron chi connectivity index (χ3n) is 1.81. The van der Waals surface area contributed by atoms with E-state index in [0.717, 1.165) is 0 Å². The lowest BCUT2D eigenvalue weighted by Gasteiger charge is -2.03. The second-order valence-corrected chi connectivity index (χ2v) is 2.63. The van der Waals surface area contributed by atoms with Crippen molar-refractivity contribution in [3.63, 3.8) is 0 Å². The SMILES string of the molecule is N#CCc1c(F)cc(C#N)c(F)c1C#N. The molecule has 0 amide bonds. The molecule has 0 saturated carbocycles. The summed E-state index contributed by atoms with van der Waals surface area (Å²) in [5, 5.41) is 25.4. The number of hydrogen-bond donors (Lipinski definition) is 0.